The Labute approximate surface area is 190 Å². The van der Waals surface area contributed by atoms with Crippen molar-refractivity contribution >= 4 is 5.97 Å². The summed E-state index contributed by atoms with van der Waals surface area (Å²) < 4.78 is 11.3. The van der Waals surface area contributed by atoms with Gasteiger partial charge in [0.1, 0.15) is 6.61 Å². The number of aliphatic hydroxyl groups excluding tert-OH is 2. The maximum Gasteiger partial charge on any atom is 0.306 e. The molecule has 1 aliphatic rings. The van der Waals surface area contributed by atoms with Crippen molar-refractivity contribution in [2.45, 2.75) is 57.5 Å². The lowest BCUT2D eigenvalue weighted by Gasteiger charge is -2.23. The number of hydrogen-bond donors (Lipinski definition) is 2. The van der Waals surface area contributed by atoms with Gasteiger partial charge in [-0.05, 0) is 36.3 Å². The van der Waals surface area contributed by atoms with Gasteiger partial charge in [0.25, 0.3) is 0 Å². The smallest absolute Gasteiger partial charge is 0.306 e. The first kappa shape index (κ1) is 24.2. The summed E-state index contributed by atoms with van der Waals surface area (Å²) >= 11 is 0. The zero-order valence-electron chi connectivity index (χ0n) is 18.5. The molecule has 1 saturated carbocycles. The Bertz CT molecular complexity index is 820. The Hall–Kier alpha value is -2.47. The van der Waals surface area contributed by atoms with Crippen LogP contribution in [-0.2, 0) is 27.5 Å². The maximum atomic E-state index is 11.9. The second-order valence-corrected chi connectivity index (χ2v) is 8.39. The van der Waals surface area contributed by atoms with Crippen LogP contribution in [0.15, 0.2) is 72.8 Å². The van der Waals surface area contributed by atoms with Crippen LogP contribution < -0.4 is 0 Å². The quantitative estimate of drug-likeness (QED) is 0.291. The molecule has 2 aromatic carbocycles. The fourth-order valence-corrected chi connectivity index (χ4v) is 4.25. The number of carbonyl (C=O) groups is 1. The van der Waals surface area contributed by atoms with E-state index in [-0.39, 0.29) is 30.5 Å². The van der Waals surface area contributed by atoms with Crippen LogP contribution in [0, 0.1) is 11.8 Å². The van der Waals surface area contributed by atoms with E-state index in [9.17, 15) is 15.0 Å². The summed E-state index contributed by atoms with van der Waals surface area (Å²) in [6, 6.07) is 19.6. The SMILES string of the molecule is O=C(CCCC=CC[C@@H]1[C@@H](CO)[C@H](OCc2ccccc2)C[C@@H]1O)OCc1ccccc1. The normalized spacial score (nSPS) is 22.9. The predicted molar refractivity (Wildman–Crippen MR) is 124 cm³/mol. The molecule has 2 aromatic rings. The third-order valence-corrected chi connectivity index (χ3v) is 6.08. The van der Waals surface area contributed by atoms with Gasteiger partial charge in [0, 0.05) is 25.4 Å². The first-order valence-electron chi connectivity index (χ1n) is 11.5. The molecule has 5 heteroatoms. The molecule has 2 N–H and O–H groups in total. The van der Waals surface area contributed by atoms with Crippen LogP contribution in [0.3, 0.4) is 0 Å². The molecule has 0 saturated heterocycles. The van der Waals surface area contributed by atoms with Gasteiger partial charge in [0.2, 0.25) is 0 Å². The van der Waals surface area contributed by atoms with Crippen LogP contribution in [0.5, 0.6) is 0 Å². The highest BCUT2D eigenvalue weighted by molar-refractivity contribution is 5.69. The minimum absolute atomic E-state index is 0.00226. The molecule has 0 aromatic heterocycles. The van der Waals surface area contributed by atoms with E-state index in [1.165, 1.54) is 0 Å². The van der Waals surface area contributed by atoms with Crippen molar-refractivity contribution in [3.8, 4) is 0 Å². The van der Waals surface area contributed by atoms with Gasteiger partial charge in [-0.15, -0.1) is 0 Å². The summed E-state index contributed by atoms with van der Waals surface area (Å²) in [7, 11) is 0. The molecule has 1 aliphatic carbocycles. The molecule has 0 aliphatic heterocycles. The second kappa shape index (κ2) is 13.2. The molecule has 0 amide bonds. The number of esters is 1. The van der Waals surface area contributed by atoms with Crippen LogP contribution in [0.4, 0.5) is 0 Å². The van der Waals surface area contributed by atoms with Crippen LogP contribution >= 0.6 is 0 Å². The molecule has 1 fully saturated rings. The molecule has 0 radical (unpaired) electrons. The van der Waals surface area contributed by atoms with Gasteiger partial charge >= 0.3 is 5.97 Å². The van der Waals surface area contributed by atoms with Gasteiger partial charge in [-0.2, -0.15) is 0 Å². The largest absolute Gasteiger partial charge is 0.461 e. The number of carbonyl (C=O) groups excluding carboxylic acids is 1. The Balaban J connectivity index is 1.34. The molecule has 0 unspecified atom stereocenters. The second-order valence-electron chi connectivity index (χ2n) is 8.39. The van der Waals surface area contributed by atoms with Gasteiger partial charge in [-0.1, -0.05) is 72.8 Å². The molecule has 32 heavy (non-hydrogen) atoms. The van der Waals surface area contributed by atoms with E-state index in [1.54, 1.807) is 0 Å². The Morgan fingerprint density at radius 1 is 0.938 bits per heavy atom. The molecule has 0 spiro atoms. The monoisotopic (exact) mass is 438 g/mol. The van der Waals surface area contributed by atoms with Crippen molar-refractivity contribution in [1.82, 2.24) is 0 Å². The number of rotatable bonds is 12. The number of unbranched alkanes of at least 4 members (excludes halogenated alkanes) is 1. The Morgan fingerprint density at radius 2 is 1.59 bits per heavy atom. The average molecular weight is 439 g/mol. The number of hydrogen-bond acceptors (Lipinski definition) is 5. The average Bonchev–Trinajstić information content (AvgIpc) is 3.14. The number of aliphatic hydroxyl groups is 2. The number of ether oxygens (including phenoxy) is 2. The lowest BCUT2D eigenvalue weighted by molar-refractivity contribution is -0.145. The molecule has 0 heterocycles. The highest BCUT2D eigenvalue weighted by Gasteiger charge is 2.42. The van der Waals surface area contributed by atoms with Crippen LogP contribution in [0.25, 0.3) is 0 Å². The lowest BCUT2D eigenvalue weighted by Crippen LogP contribution is -2.26. The van der Waals surface area contributed by atoms with Crippen molar-refractivity contribution in [1.29, 1.82) is 0 Å². The summed E-state index contributed by atoms with van der Waals surface area (Å²) in [5.74, 6) is -0.286. The lowest BCUT2D eigenvalue weighted by atomic mass is 9.91. The molecule has 4 atom stereocenters. The Morgan fingerprint density at radius 3 is 2.25 bits per heavy atom. The summed E-state index contributed by atoms with van der Waals surface area (Å²) in [6.07, 6.45) is 6.59. The first-order valence-corrected chi connectivity index (χ1v) is 11.5. The predicted octanol–water partition coefficient (Wildman–Crippen LogP) is 4.42. The maximum absolute atomic E-state index is 11.9. The third-order valence-electron chi connectivity index (χ3n) is 6.08. The van der Waals surface area contributed by atoms with E-state index in [0.717, 1.165) is 24.0 Å². The van der Waals surface area contributed by atoms with Crippen LogP contribution in [0.1, 0.15) is 43.2 Å². The minimum atomic E-state index is -0.481. The standard InChI is InChI=1S/C27H34O5/c28-18-24-23(25(29)17-26(24)31-19-21-11-5-3-6-12-21)15-9-1-2-10-16-27(30)32-20-22-13-7-4-8-14-22/h1,3-9,11-14,23-26,28-29H,2,10,15-20H2/t23-,24-,25+,26-/m1/s1. The molecule has 0 bridgehead atoms. The highest BCUT2D eigenvalue weighted by Crippen LogP contribution is 2.37. The van der Waals surface area contributed by atoms with Crippen molar-refractivity contribution in [2.24, 2.45) is 11.8 Å². The van der Waals surface area contributed by atoms with E-state index in [0.29, 0.717) is 32.5 Å². The van der Waals surface area contributed by atoms with Crippen LogP contribution in [0.2, 0.25) is 0 Å². The molecular formula is C27H34O5. The minimum Gasteiger partial charge on any atom is -0.461 e. The number of benzene rings is 2. The molecule has 5 nitrogen and oxygen atoms in total. The van der Waals surface area contributed by atoms with Gasteiger partial charge in [0.15, 0.2) is 0 Å². The van der Waals surface area contributed by atoms with E-state index < -0.39 is 6.10 Å². The Kier molecular flexibility index (Phi) is 9.95. The van der Waals surface area contributed by atoms with Crippen molar-refractivity contribution < 1.29 is 24.5 Å². The zero-order valence-corrected chi connectivity index (χ0v) is 18.5. The van der Waals surface area contributed by atoms with E-state index in [2.05, 4.69) is 0 Å². The van der Waals surface area contributed by atoms with E-state index in [4.69, 9.17) is 9.47 Å². The fraction of sp³-hybridized carbons (Fsp3) is 0.444. The summed E-state index contributed by atoms with van der Waals surface area (Å²) in [4.78, 5) is 11.9. The topological polar surface area (TPSA) is 76.0 Å². The van der Waals surface area contributed by atoms with E-state index in [1.807, 2.05) is 72.8 Å². The summed E-state index contributed by atoms with van der Waals surface area (Å²) in [5, 5.41) is 20.4. The van der Waals surface area contributed by atoms with Gasteiger partial charge in [-0.3, -0.25) is 4.79 Å². The van der Waals surface area contributed by atoms with Crippen molar-refractivity contribution in [3.63, 3.8) is 0 Å². The molecule has 172 valence electrons. The zero-order chi connectivity index (χ0) is 22.6. The summed E-state index contributed by atoms with van der Waals surface area (Å²) in [5.41, 5.74) is 2.07. The van der Waals surface area contributed by atoms with Crippen LogP contribution in [-0.4, -0.2) is 35.0 Å². The van der Waals surface area contributed by atoms with Crippen molar-refractivity contribution in [3.05, 3.63) is 83.9 Å². The highest BCUT2D eigenvalue weighted by atomic mass is 16.5. The summed E-state index contributed by atoms with van der Waals surface area (Å²) in [6.45, 7) is 0.797. The fourth-order valence-electron chi connectivity index (χ4n) is 4.25. The molecule has 3 rings (SSSR count). The van der Waals surface area contributed by atoms with Gasteiger partial charge in [-0.25, -0.2) is 0 Å². The third kappa shape index (κ3) is 7.59. The number of allylic oxidation sites excluding steroid dienone is 2. The first-order chi connectivity index (χ1) is 15.7. The van der Waals surface area contributed by atoms with Gasteiger partial charge < -0.3 is 19.7 Å². The van der Waals surface area contributed by atoms with Gasteiger partial charge in [0.05, 0.1) is 18.8 Å². The van der Waals surface area contributed by atoms with E-state index >= 15 is 0 Å². The molecular weight excluding hydrogens is 404 g/mol. The van der Waals surface area contributed by atoms with Crippen molar-refractivity contribution in [2.75, 3.05) is 6.61 Å².